The smallest absolute Gasteiger partial charge is 0.322 e. The zero-order valence-corrected chi connectivity index (χ0v) is 11.0. The van der Waals surface area contributed by atoms with Crippen molar-refractivity contribution in [2.75, 3.05) is 14.2 Å². The summed E-state index contributed by atoms with van der Waals surface area (Å²) in [7, 11) is 2.80. The lowest BCUT2D eigenvalue weighted by Gasteiger charge is -2.19. The van der Waals surface area contributed by atoms with E-state index in [-0.39, 0.29) is 17.8 Å². The molecule has 0 heterocycles. The van der Waals surface area contributed by atoms with Crippen molar-refractivity contribution in [3.05, 3.63) is 29.6 Å². The molecule has 1 rings (SSSR count). The third kappa shape index (κ3) is 3.43. The molecule has 0 spiro atoms. The summed E-state index contributed by atoms with van der Waals surface area (Å²) in [5.74, 6) is -0.286. The number of hydrogen-bond acceptors (Lipinski definition) is 4. The third-order valence-corrected chi connectivity index (χ3v) is 2.73. The Balaban J connectivity index is 2.78. The third-order valence-electron chi connectivity index (χ3n) is 2.73. The van der Waals surface area contributed by atoms with Crippen molar-refractivity contribution in [3.63, 3.8) is 0 Å². The highest BCUT2D eigenvalue weighted by atomic mass is 19.1. The van der Waals surface area contributed by atoms with Gasteiger partial charge in [-0.2, -0.15) is 0 Å². The minimum Gasteiger partial charge on any atom is -0.497 e. The number of ether oxygens (including phenoxy) is 2. The molecule has 2 atom stereocenters. The molecule has 0 radical (unpaired) electrons. The van der Waals surface area contributed by atoms with Crippen LogP contribution in [0.25, 0.3) is 0 Å². The Morgan fingerprint density at radius 1 is 1.33 bits per heavy atom. The van der Waals surface area contributed by atoms with Crippen LogP contribution in [0.4, 0.5) is 4.39 Å². The quantitative estimate of drug-likeness (QED) is 0.818. The van der Waals surface area contributed by atoms with Crippen molar-refractivity contribution in [3.8, 4) is 5.75 Å². The lowest BCUT2D eigenvalue weighted by Crippen LogP contribution is -2.36. The van der Waals surface area contributed by atoms with E-state index in [2.05, 4.69) is 10.1 Å². The molecule has 1 aromatic rings. The average molecular weight is 255 g/mol. The maximum atomic E-state index is 13.8. The van der Waals surface area contributed by atoms with Crippen molar-refractivity contribution < 1.29 is 18.7 Å². The molecule has 0 saturated carbocycles. The number of carbonyl (C=O) groups excluding carboxylic acids is 1. The minimum absolute atomic E-state index is 0.301. The van der Waals surface area contributed by atoms with Crippen LogP contribution in [-0.2, 0) is 9.53 Å². The van der Waals surface area contributed by atoms with Gasteiger partial charge in [0, 0.05) is 17.7 Å². The zero-order valence-electron chi connectivity index (χ0n) is 11.0. The number of rotatable bonds is 5. The van der Waals surface area contributed by atoms with E-state index in [0.717, 1.165) is 0 Å². The van der Waals surface area contributed by atoms with Crippen LogP contribution in [0.2, 0.25) is 0 Å². The highest BCUT2D eigenvalue weighted by molar-refractivity contribution is 5.75. The van der Waals surface area contributed by atoms with Crippen LogP contribution in [-0.4, -0.2) is 26.2 Å². The van der Waals surface area contributed by atoms with Gasteiger partial charge in [-0.25, -0.2) is 4.39 Å². The van der Waals surface area contributed by atoms with Gasteiger partial charge < -0.3 is 9.47 Å². The molecule has 5 heteroatoms. The summed E-state index contributed by atoms with van der Waals surface area (Å²) in [4.78, 5) is 11.3. The molecule has 1 aromatic carbocycles. The topological polar surface area (TPSA) is 47.6 Å². The molecule has 0 aliphatic carbocycles. The summed E-state index contributed by atoms with van der Waals surface area (Å²) in [5.41, 5.74) is 0.478. The van der Waals surface area contributed by atoms with E-state index >= 15 is 0 Å². The number of methoxy groups -OCH3 is 2. The van der Waals surface area contributed by atoms with Crippen LogP contribution in [0.3, 0.4) is 0 Å². The number of nitrogens with one attached hydrogen (secondary N) is 1. The number of carbonyl (C=O) groups is 1. The van der Waals surface area contributed by atoms with Crippen molar-refractivity contribution in [2.24, 2.45) is 0 Å². The second kappa shape index (κ2) is 6.35. The highest BCUT2D eigenvalue weighted by Gasteiger charge is 2.18. The van der Waals surface area contributed by atoms with E-state index in [0.29, 0.717) is 11.3 Å². The zero-order chi connectivity index (χ0) is 13.7. The predicted octanol–water partition coefficient (Wildman–Crippen LogP) is 2.05. The summed E-state index contributed by atoms with van der Waals surface area (Å²) in [6.07, 6.45) is 0. The predicted molar refractivity (Wildman–Crippen MR) is 66.0 cm³/mol. The fourth-order valence-corrected chi connectivity index (χ4v) is 1.70. The van der Waals surface area contributed by atoms with Gasteiger partial charge in [-0.1, -0.05) is 6.07 Å². The van der Waals surface area contributed by atoms with Gasteiger partial charge in [0.1, 0.15) is 17.6 Å². The van der Waals surface area contributed by atoms with Crippen LogP contribution >= 0.6 is 0 Å². The van der Waals surface area contributed by atoms with Crippen molar-refractivity contribution >= 4 is 5.97 Å². The summed E-state index contributed by atoms with van der Waals surface area (Å²) in [5, 5.41) is 2.97. The van der Waals surface area contributed by atoms with Gasteiger partial charge in [0.15, 0.2) is 0 Å². The van der Waals surface area contributed by atoms with E-state index in [1.165, 1.54) is 20.3 Å². The molecule has 0 amide bonds. The van der Waals surface area contributed by atoms with Crippen LogP contribution in [0.1, 0.15) is 25.5 Å². The molecule has 0 saturated heterocycles. The molecule has 0 aliphatic heterocycles. The number of benzene rings is 1. The van der Waals surface area contributed by atoms with Gasteiger partial charge in [0.2, 0.25) is 0 Å². The van der Waals surface area contributed by atoms with Gasteiger partial charge in [-0.15, -0.1) is 0 Å². The van der Waals surface area contributed by atoms with E-state index in [9.17, 15) is 9.18 Å². The molecule has 1 unspecified atom stereocenters. The molecule has 0 aromatic heterocycles. The van der Waals surface area contributed by atoms with E-state index < -0.39 is 6.04 Å². The maximum Gasteiger partial charge on any atom is 0.322 e. The molecule has 18 heavy (non-hydrogen) atoms. The fraction of sp³-hybridized carbons (Fsp3) is 0.462. The van der Waals surface area contributed by atoms with Crippen LogP contribution in [0, 0.1) is 5.82 Å². The Morgan fingerprint density at radius 2 is 2.00 bits per heavy atom. The number of esters is 1. The molecule has 1 N–H and O–H groups in total. The second-order valence-electron chi connectivity index (χ2n) is 4.02. The van der Waals surface area contributed by atoms with Crippen molar-refractivity contribution in [1.82, 2.24) is 5.32 Å². The Kier molecular flexibility index (Phi) is 5.09. The largest absolute Gasteiger partial charge is 0.497 e. The first-order valence-corrected chi connectivity index (χ1v) is 5.67. The van der Waals surface area contributed by atoms with E-state index in [1.807, 2.05) is 0 Å². The molecule has 100 valence electrons. The molecule has 0 aliphatic rings. The second-order valence-corrected chi connectivity index (χ2v) is 4.02. The first kappa shape index (κ1) is 14.4. The van der Waals surface area contributed by atoms with Gasteiger partial charge >= 0.3 is 5.97 Å². The van der Waals surface area contributed by atoms with Crippen molar-refractivity contribution in [2.45, 2.75) is 25.9 Å². The van der Waals surface area contributed by atoms with Gasteiger partial charge in [-0.05, 0) is 19.9 Å². The van der Waals surface area contributed by atoms with Gasteiger partial charge in [0.05, 0.1) is 14.2 Å². The first-order valence-electron chi connectivity index (χ1n) is 5.67. The number of hydrogen-bond donors (Lipinski definition) is 1. The lowest BCUT2D eigenvalue weighted by molar-refractivity contribution is -0.142. The Hall–Kier alpha value is -1.62. The Bertz CT molecular complexity index is 423. The highest BCUT2D eigenvalue weighted by Crippen LogP contribution is 2.22. The Morgan fingerprint density at radius 3 is 2.50 bits per heavy atom. The SMILES string of the molecule is COC(=O)[C@@H](C)NC(C)c1ccc(OC)cc1F. The van der Waals surface area contributed by atoms with Crippen LogP contribution in [0.5, 0.6) is 5.75 Å². The summed E-state index contributed by atoms with van der Waals surface area (Å²) in [6, 6.07) is 3.84. The van der Waals surface area contributed by atoms with Crippen molar-refractivity contribution in [1.29, 1.82) is 0 Å². The molecule has 0 fully saturated rings. The molecule has 4 nitrogen and oxygen atoms in total. The molecular weight excluding hydrogens is 237 g/mol. The Labute approximate surface area is 106 Å². The molecule has 0 bridgehead atoms. The monoisotopic (exact) mass is 255 g/mol. The van der Waals surface area contributed by atoms with Gasteiger partial charge in [-0.3, -0.25) is 10.1 Å². The average Bonchev–Trinajstić information content (AvgIpc) is 2.37. The molecular formula is C13H18FNO3. The minimum atomic E-state index is -0.494. The fourth-order valence-electron chi connectivity index (χ4n) is 1.70. The van der Waals surface area contributed by atoms with Crippen LogP contribution in [0.15, 0.2) is 18.2 Å². The standard InChI is InChI=1S/C13H18FNO3/c1-8(15-9(2)13(16)18-4)11-6-5-10(17-3)7-12(11)14/h5-9,15H,1-4H3/t8?,9-/m1/s1. The van der Waals surface area contributed by atoms with E-state index in [4.69, 9.17) is 4.74 Å². The van der Waals surface area contributed by atoms with Crippen LogP contribution < -0.4 is 10.1 Å². The maximum absolute atomic E-state index is 13.8. The first-order chi connectivity index (χ1) is 8.49. The van der Waals surface area contributed by atoms with E-state index in [1.54, 1.807) is 26.0 Å². The normalized spacial score (nSPS) is 13.8. The summed E-state index contributed by atoms with van der Waals surface area (Å²) in [6.45, 7) is 3.45. The number of halogens is 1. The summed E-state index contributed by atoms with van der Waals surface area (Å²) < 4.78 is 23.3. The van der Waals surface area contributed by atoms with Gasteiger partial charge in [0.25, 0.3) is 0 Å². The lowest BCUT2D eigenvalue weighted by atomic mass is 10.1. The summed E-state index contributed by atoms with van der Waals surface area (Å²) >= 11 is 0.